The number of aromatic nitrogens is 5. The number of hydrogen-bond donors (Lipinski definition) is 1. The standard InChI is InChI=1S/C9H14N6S/c1-3-15-8(11-5-12-15)4-7(10)9-6(2)13-14-16-9/h5,7H,3-4,10H2,1-2H3. The van der Waals surface area contributed by atoms with Crippen LogP contribution in [-0.4, -0.2) is 24.4 Å². The van der Waals surface area contributed by atoms with Crippen LogP contribution in [-0.2, 0) is 13.0 Å². The number of rotatable bonds is 4. The molecule has 2 aromatic rings. The number of nitrogens with zero attached hydrogens (tertiary/aromatic N) is 5. The molecule has 0 aromatic carbocycles. The van der Waals surface area contributed by atoms with Gasteiger partial charge in [-0.2, -0.15) is 5.10 Å². The predicted molar refractivity (Wildman–Crippen MR) is 61.0 cm³/mol. The summed E-state index contributed by atoms with van der Waals surface area (Å²) in [5.74, 6) is 0.905. The van der Waals surface area contributed by atoms with Gasteiger partial charge < -0.3 is 5.73 Å². The minimum atomic E-state index is -0.102. The van der Waals surface area contributed by atoms with Gasteiger partial charge >= 0.3 is 0 Å². The average Bonchev–Trinajstić information content (AvgIpc) is 2.86. The molecule has 0 aliphatic carbocycles. The maximum Gasteiger partial charge on any atom is 0.138 e. The Morgan fingerprint density at radius 3 is 3.00 bits per heavy atom. The summed E-state index contributed by atoms with van der Waals surface area (Å²) in [6.45, 7) is 4.76. The zero-order chi connectivity index (χ0) is 11.5. The second-order valence-corrected chi connectivity index (χ2v) is 4.31. The summed E-state index contributed by atoms with van der Waals surface area (Å²) in [4.78, 5) is 5.22. The van der Waals surface area contributed by atoms with Crippen LogP contribution in [0.3, 0.4) is 0 Å². The summed E-state index contributed by atoms with van der Waals surface area (Å²) in [6, 6.07) is -0.102. The summed E-state index contributed by atoms with van der Waals surface area (Å²) in [5.41, 5.74) is 7.01. The van der Waals surface area contributed by atoms with Crippen molar-refractivity contribution in [1.29, 1.82) is 0 Å². The quantitative estimate of drug-likeness (QED) is 0.847. The number of nitrogens with two attached hydrogens (primary N) is 1. The van der Waals surface area contributed by atoms with E-state index in [4.69, 9.17) is 5.73 Å². The van der Waals surface area contributed by atoms with Crippen LogP contribution in [0.25, 0.3) is 0 Å². The lowest BCUT2D eigenvalue weighted by Gasteiger charge is -2.09. The molecule has 16 heavy (non-hydrogen) atoms. The molecule has 0 amide bonds. The van der Waals surface area contributed by atoms with Gasteiger partial charge in [0, 0.05) is 19.0 Å². The highest BCUT2D eigenvalue weighted by Gasteiger charge is 2.16. The Morgan fingerprint density at radius 2 is 2.38 bits per heavy atom. The van der Waals surface area contributed by atoms with Gasteiger partial charge in [0.25, 0.3) is 0 Å². The normalized spacial score (nSPS) is 12.9. The first-order valence-corrected chi connectivity index (χ1v) is 5.90. The van der Waals surface area contributed by atoms with Gasteiger partial charge in [-0.1, -0.05) is 4.49 Å². The molecule has 7 heteroatoms. The lowest BCUT2D eigenvalue weighted by atomic mass is 10.1. The summed E-state index contributed by atoms with van der Waals surface area (Å²) in [5, 5.41) is 8.07. The first kappa shape index (κ1) is 11.2. The van der Waals surface area contributed by atoms with Gasteiger partial charge in [-0.05, 0) is 25.4 Å². The fourth-order valence-electron chi connectivity index (χ4n) is 1.58. The first-order valence-electron chi connectivity index (χ1n) is 5.13. The SMILES string of the molecule is CCn1ncnc1CC(N)c1snnc1C. The topological polar surface area (TPSA) is 82.5 Å². The van der Waals surface area contributed by atoms with Crippen molar-refractivity contribution in [3.8, 4) is 0 Å². The maximum absolute atomic E-state index is 6.10. The van der Waals surface area contributed by atoms with E-state index in [0.717, 1.165) is 22.9 Å². The molecule has 0 saturated carbocycles. The van der Waals surface area contributed by atoms with Gasteiger partial charge in [-0.3, -0.25) is 4.68 Å². The lowest BCUT2D eigenvalue weighted by molar-refractivity contribution is 0.583. The third-order valence-electron chi connectivity index (χ3n) is 2.42. The minimum Gasteiger partial charge on any atom is -0.323 e. The summed E-state index contributed by atoms with van der Waals surface area (Å²) in [7, 11) is 0. The van der Waals surface area contributed by atoms with Crippen molar-refractivity contribution >= 4 is 11.5 Å². The molecule has 2 aromatic heterocycles. The molecule has 0 aliphatic rings. The molecule has 0 spiro atoms. The predicted octanol–water partition coefficient (Wildman–Crippen LogP) is 0.700. The Balaban J connectivity index is 2.13. The second kappa shape index (κ2) is 4.67. The van der Waals surface area contributed by atoms with Crippen LogP contribution < -0.4 is 5.73 Å². The van der Waals surface area contributed by atoms with Crippen LogP contribution >= 0.6 is 11.5 Å². The summed E-state index contributed by atoms with van der Waals surface area (Å²) < 4.78 is 5.73. The maximum atomic E-state index is 6.10. The van der Waals surface area contributed by atoms with E-state index in [0.29, 0.717) is 6.42 Å². The molecular weight excluding hydrogens is 224 g/mol. The molecule has 1 unspecified atom stereocenters. The van der Waals surface area contributed by atoms with Crippen LogP contribution in [0.5, 0.6) is 0 Å². The zero-order valence-electron chi connectivity index (χ0n) is 9.29. The Bertz CT molecular complexity index is 462. The van der Waals surface area contributed by atoms with E-state index in [2.05, 4.69) is 19.7 Å². The van der Waals surface area contributed by atoms with Crippen molar-refractivity contribution in [3.05, 3.63) is 22.7 Å². The van der Waals surface area contributed by atoms with Crippen LogP contribution in [0.1, 0.15) is 29.4 Å². The van der Waals surface area contributed by atoms with Crippen molar-refractivity contribution in [2.45, 2.75) is 32.9 Å². The van der Waals surface area contributed by atoms with Crippen molar-refractivity contribution in [2.24, 2.45) is 5.73 Å². The molecule has 2 heterocycles. The first-order chi connectivity index (χ1) is 7.72. The van der Waals surface area contributed by atoms with Gasteiger partial charge in [0.2, 0.25) is 0 Å². The van der Waals surface area contributed by atoms with E-state index in [1.165, 1.54) is 11.5 Å². The van der Waals surface area contributed by atoms with Crippen LogP contribution in [0, 0.1) is 6.92 Å². The van der Waals surface area contributed by atoms with E-state index in [1.54, 1.807) is 6.33 Å². The Morgan fingerprint density at radius 1 is 1.56 bits per heavy atom. The van der Waals surface area contributed by atoms with Crippen molar-refractivity contribution in [1.82, 2.24) is 24.4 Å². The highest BCUT2D eigenvalue weighted by atomic mass is 32.1. The summed E-state index contributed by atoms with van der Waals surface area (Å²) in [6.07, 6.45) is 2.22. The molecule has 0 aliphatic heterocycles. The van der Waals surface area contributed by atoms with E-state index in [1.807, 2.05) is 18.5 Å². The Kier molecular flexibility index (Phi) is 3.25. The zero-order valence-corrected chi connectivity index (χ0v) is 10.1. The van der Waals surface area contributed by atoms with Crippen molar-refractivity contribution in [2.75, 3.05) is 0 Å². The molecular formula is C9H14N6S. The molecule has 0 saturated heterocycles. The van der Waals surface area contributed by atoms with Crippen LogP contribution in [0.15, 0.2) is 6.33 Å². The lowest BCUT2D eigenvalue weighted by Crippen LogP contribution is -2.16. The molecule has 0 bridgehead atoms. The Labute approximate surface area is 97.7 Å². The van der Waals surface area contributed by atoms with Gasteiger partial charge in [0.1, 0.15) is 12.2 Å². The van der Waals surface area contributed by atoms with E-state index in [9.17, 15) is 0 Å². The Hall–Kier alpha value is -1.34. The smallest absolute Gasteiger partial charge is 0.138 e. The second-order valence-electron chi connectivity index (χ2n) is 3.53. The molecule has 0 fully saturated rings. The number of hydrogen-bond acceptors (Lipinski definition) is 6. The highest BCUT2D eigenvalue weighted by Crippen LogP contribution is 2.20. The van der Waals surface area contributed by atoms with Crippen molar-refractivity contribution < 1.29 is 0 Å². The van der Waals surface area contributed by atoms with Crippen LogP contribution in [0.2, 0.25) is 0 Å². The largest absolute Gasteiger partial charge is 0.323 e. The fourth-order valence-corrected chi connectivity index (χ4v) is 2.22. The molecule has 86 valence electrons. The molecule has 2 N–H and O–H groups in total. The molecule has 0 radical (unpaired) electrons. The minimum absolute atomic E-state index is 0.102. The van der Waals surface area contributed by atoms with E-state index >= 15 is 0 Å². The fraction of sp³-hybridized carbons (Fsp3) is 0.556. The average molecular weight is 238 g/mol. The van der Waals surface area contributed by atoms with Gasteiger partial charge in [0.05, 0.1) is 10.6 Å². The van der Waals surface area contributed by atoms with Gasteiger partial charge in [-0.25, -0.2) is 4.98 Å². The monoisotopic (exact) mass is 238 g/mol. The van der Waals surface area contributed by atoms with Crippen LogP contribution in [0.4, 0.5) is 0 Å². The summed E-state index contributed by atoms with van der Waals surface area (Å²) >= 11 is 1.35. The highest BCUT2D eigenvalue weighted by molar-refractivity contribution is 7.05. The van der Waals surface area contributed by atoms with E-state index < -0.39 is 0 Å². The molecule has 2 rings (SSSR count). The third-order valence-corrected chi connectivity index (χ3v) is 3.38. The number of aryl methyl sites for hydroxylation is 2. The molecule has 6 nitrogen and oxygen atoms in total. The molecule has 1 atom stereocenters. The van der Waals surface area contributed by atoms with Gasteiger partial charge in [-0.15, -0.1) is 5.10 Å². The van der Waals surface area contributed by atoms with Gasteiger partial charge in [0.15, 0.2) is 0 Å². The van der Waals surface area contributed by atoms with Crippen molar-refractivity contribution in [3.63, 3.8) is 0 Å². The van der Waals surface area contributed by atoms with E-state index in [-0.39, 0.29) is 6.04 Å². The third kappa shape index (κ3) is 2.10.